The number of carbonyl (C=O) groups is 3. The maximum Gasteiger partial charge on any atom is 0.312 e. The van der Waals surface area contributed by atoms with Gasteiger partial charge in [-0.1, -0.05) is 35.9 Å². The molecule has 2 bridgehead atoms. The van der Waals surface area contributed by atoms with Crippen molar-refractivity contribution in [2.24, 2.45) is 11.8 Å². The lowest BCUT2D eigenvalue weighted by atomic mass is 9.66. The normalized spacial score (nSPS) is 28.4. The van der Waals surface area contributed by atoms with Crippen molar-refractivity contribution in [2.75, 3.05) is 31.2 Å². The van der Waals surface area contributed by atoms with Crippen LogP contribution in [0.5, 0.6) is 0 Å². The molecule has 1 aromatic carbocycles. The van der Waals surface area contributed by atoms with Crippen molar-refractivity contribution < 1.29 is 29.0 Å². The van der Waals surface area contributed by atoms with Gasteiger partial charge in [0, 0.05) is 19.7 Å². The first kappa shape index (κ1) is 30.3. The van der Waals surface area contributed by atoms with Crippen LogP contribution < -0.4 is 4.90 Å². The summed E-state index contributed by atoms with van der Waals surface area (Å²) in [4.78, 5) is 45.3. The van der Waals surface area contributed by atoms with Gasteiger partial charge in [-0.15, -0.1) is 13.2 Å². The van der Waals surface area contributed by atoms with Gasteiger partial charge in [0.25, 0.3) is 5.91 Å². The molecule has 218 valence electrons. The lowest BCUT2D eigenvalue weighted by Crippen LogP contribution is -2.56. The second-order valence-corrected chi connectivity index (χ2v) is 11.6. The summed E-state index contributed by atoms with van der Waals surface area (Å²) in [6.07, 6.45) is 8.81. The summed E-state index contributed by atoms with van der Waals surface area (Å²) in [5.74, 6) is -2.61. The molecule has 3 heterocycles. The number of unbranched alkanes of at least 4 members (excludes halogenated alkanes) is 4. The molecule has 40 heavy (non-hydrogen) atoms. The van der Waals surface area contributed by atoms with Crippen LogP contribution in [-0.2, 0) is 23.9 Å². The van der Waals surface area contributed by atoms with Crippen LogP contribution in [0.1, 0.15) is 58.3 Å². The SMILES string of the molecule is C=CCCCCOC(=O)[C@@H]1[C@H]2C(=O)N(CCCCCO)C(C(=O)N(CC=C)c3ccccc3Cl)C23CC[C@@]1(C)O3. The van der Waals surface area contributed by atoms with Crippen molar-refractivity contribution in [3.63, 3.8) is 0 Å². The number of allylic oxidation sites excluding steroid dienone is 1. The summed E-state index contributed by atoms with van der Waals surface area (Å²) in [5, 5.41) is 9.66. The molecular weight excluding hydrogens is 532 g/mol. The second-order valence-electron chi connectivity index (χ2n) is 11.2. The van der Waals surface area contributed by atoms with Gasteiger partial charge in [0.15, 0.2) is 0 Å². The molecule has 4 rings (SSSR count). The predicted molar refractivity (Wildman–Crippen MR) is 154 cm³/mol. The van der Waals surface area contributed by atoms with Gasteiger partial charge in [0.1, 0.15) is 17.6 Å². The smallest absolute Gasteiger partial charge is 0.312 e. The van der Waals surface area contributed by atoms with E-state index < -0.39 is 35.0 Å². The Hall–Kier alpha value is -2.68. The predicted octanol–water partition coefficient (Wildman–Crippen LogP) is 4.69. The highest BCUT2D eigenvalue weighted by Crippen LogP contribution is 2.63. The number of hydrogen-bond donors (Lipinski definition) is 1. The van der Waals surface area contributed by atoms with Crippen LogP contribution in [0, 0.1) is 11.8 Å². The van der Waals surface area contributed by atoms with Crippen molar-refractivity contribution in [3.8, 4) is 0 Å². The van der Waals surface area contributed by atoms with E-state index >= 15 is 0 Å². The van der Waals surface area contributed by atoms with Crippen LogP contribution in [0.4, 0.5) is 5.69 Å². The monoisotopic (exact) mass is 572 g/mol. The van der Waals surface area contributed by atoms with Crippen LogP contribution in [0.3, 0.4) is 0 Å². The average molecular weight is 573 g/mol. The van der Waals surface area contributed by atoms with Crippen molar-refractivity contribution in [1.29, 1.82) is 0 Å². The number of anilines is 1. The number of halogens is 1. The Morgan fingerprint density at radius 1 is 1.18 bits per heavy atom. The molecule has 0 saturated carbocycles. The quantitative estimate of drug-likeness (QED) is 0.186. The molecular formula is C31H41ClN2O6. The first-order valence-corrected chi connectivity index (χ1v) is 14.7. The number of amides is 2. The zero-order valence-corrected chi connectivity index (χ0v) is 24.1. The fourth-order valence-electron chi connectivity index (χ4n) is 6.78. The number of esters is 1. The van der Waals surface area contributed by atoms with Crippen LogP contribution in [-0.4, -0.2) is 71.3 Å². The van der Waals surface area contributed by atoms with E-state index in [9.17, 15) is 19.5 Å². The molecule has 2 unspecified atom stereocenters. The van der Waals surface area contributed by atoms with Crippen LogP contribution >= 0.6 is 11.6 Å². The van der Waals surface area contributed by atoms with Crippen LogP contribution in [0.25, 0.3) is 0 Å². The molecule has 9 heteroatoms. The number of para-hydroxylation sites is 1. The molecule has 0 radical (unpaired) electrons. The zero-order chi connectivity index (χ0) is 28.9. The highest BCUT2D eigenvalue weighted by Gasteiger charge is 2.78. The Morgan fingerprint density at radius 3 is 2.65 bits per heavy atom. The maximum atomic E-state index is 14.5. The fraction of sp³-hybridized carbons (Fsp3) is 0.581. The van der Waals surface area contributed by atoms with E-state index in [2.05, 4.69) is 13.2 Å². The first-order chi connectivity index (χ1) is 19.3. The van der Waals surface area contributed by atoms with E-state index in [-0.39, 0.29) is 31.6 Å². The molecule has 1 spiro atoms. The number of likely N-dealkylation sites (tertiary alicyclic amines) is 1. The summed E-state index contributed by atoms with van der Waals surface area (Å²) in [6.45, 7) is 10.3. The number of benzene rings is 1. The lowest BCUT2D eigenvalue weighted by Gasteiger charge is -2.37. The minimum absolute atomic E-state index is 0.0602. The van der Waals surface area contributed by atoms with Crippen LogP contribution in [0.2, 0.25) is 5.02 Å². The number of fused-ring (bicyclic) bond motifs is 1. The number of ether oxygens (including phenoxy) is 2. The Bertz CT molecular complexity index is 1130. The molecule has 8 nitrogen and oxygen atoms in total. The number of hydrogen-bond acceptors (Lipinski definition) is 6. The lowest BCUT2D eigenvalue weighted by molar-refractivity contribution is -0.159. The van der Waals surface area contributed by atoms with E-state index in [1.54, 1.807) is 40.1 Å². The average Bonchev–Trinajstić information content (AvgIpc) is 3.50. The second kappa shape index (κ2) is 12.9. The topological polar surface area (TPSA) is 96.4 Å². The third-order valence-corrected chi connectivity index (χ3v) is 8.91. The number of nitrogens with zero attached hydrogens (tertiary/aromatic N) is 2. The molecule has 1 N–H and O–H groups in total. The minimum atomic E-state index is -1.15. The summed E-state index contributed by atoms with van der Waals surface area (Å²) in [6, 6.07) is 6.15. The van der Waals surface area contributed by atoms with Crippen molar-refractivity contribution in [2.45, 2.75) is 75.5 Å². The fourth-order valence-corrected chi connectivity index (χ4v) is 7.02. The van der Waals surface area contributed by atoms with E-state index in [0.29, 0.717) is 55.8 Å². The van der Waals surface area contributed by atoms with E-state index in [4.69, 9.17) is 21.1 Å². The maximum absolute atomic E-state index is 14.5. The standard InChI is InChI=1S/C31H41ClN2O6/c1-4-6-7-13-21-39-29(38)25-24-27(36)34(19-11-8-12-20-35)26(31(24)17-16-30(25,3)40-31)28(37)33(18-5-2)23-15-10-9-14-22(23)32/h4-5,9-10,14-15,24-26,35H,1-2,6-8,11-13,16-21H2,3H3/t24-,25-,26?,30+,31?/m0/s1. The number of aliphatic hydroxyl groups is 1. The number of rotatable bonds is 15. The van der Waals surface area contributed by atoms with E-state index in [1.807, 2.05) is 13.0 Å². The summed E-state index contributed by atoms with van der Waals surface area (Å²) < 4.78 is 12.4. The molecule has 5 atom stereocenters. The molecule has 0 aliphatic carbocycles. The number of aliphatic hydroxyl groups excluding tert-OH is 1. The van der Waals surface area contributed by atoms with Gasteiger partial charge < -0.3 is 24.4 Å². The Labute approximate surface area is 241 Å². The minimum Gasteiger partial charge on any atom is -0.465 e. The van der Waals surface area contributed by atoms with Gasteiger partial charge in [-0.25, -0.2) is 0 Å². The first-order valence-electron chi connectivity index (χ1n) is 14.3. The van der Waals surface area contributed by atoms with Gasteiger partial charge in [0.05, 0.1) is 28.8 Å². The largest absolute Gasteiger partial charge is 0.465 e. The molecule has 3 saturated heterocycles. The van der Waals surface area contributed by atoms with Gasteiger partial charge in [-0.3, -0.25) is 14.4 Å². The summed E-state index contributed by atoms with van der Waals surface area (Å²) >= 11 is 6.51. The van der Waals surface area contributed by atoms with Gasteiger partial charge in [-0.2, -0.15) is 0 Å². The Morgan fingerprint density at radius 2 is 1.95 bits per heavy atom. The van der Waals surface area contributed by atoms with Crippen molar-refractivity contribution in [3.05, 3.63) is 54.6 Å². The highest BCUT2D eigenvalue weighted by atomic mass is 35.5. The summed E-state index contributed by atoms with van der Waals surface area (Å²) in [5.41, 5.74) is -1.52. The molecule has 0 aromatic heterocycles. The summed E-state index contributed by atoms with van der Waals surface area (Å²) in [7, 11) is 0. The third kappa shape index (κ3) is 5.46. The molecule has 1 aromatic rings. The van der Waals surface area contributed by atoms with E-state index in [1.165, 1.54) is 0 Å². The third-order valence-electron chi connectivity index (χ3n) is 8.59. The molecule has 3 aliphatic rings. The molecule has 3 aliphatic heterocycles. The van der Waals surface area contributed by atoms with Gasteiger partial charge in [0.2, 0.25) is 5.91 Å². The van der Waals surface area contributed by atoms with Gasteiger partial charge in [-0.05, 0) is 70.4 Å². The van der Waals surface area contributed by atoms with Crippen molar-refractivity contribution >= 4 is 35.1 Å². The molecule has 3 fully saturated rings. The Balaban J connectivity index is 1.68. The van der Waals surface area contributed by atoms with Gasteiger partial charge >= 0.3 is 5.97 Å². The molecule has 2 amide bonds. The Kier molecular flexibility index (Phi) is 9.75. The highest BCUT2D eigenvalue weighted by molar-refractivity contribution is 6.34. The van der Waals surface area contributed by atoms with Crippen LogP contribution in [0.15, 0.2) is 49.6 Å². The number of carbonyl (C=O) groups excluding carboxylic acids is 3. The van der Waals surface area contributed by atoms with Crippen molar-refractivity contribution in [1.82, 2.24) is 4.90 Å². The zero-order valence-electron chi connectivity index (χ0n) is 23.4. The van der Waals surface area contributed by atoms with E-state index in [0.717, 1.165) is 12.8 Å².